The molecule has 27 heavy (non-hydrogen) atoms. The maximum Gasteiger partial charge on any atom is 0.172 e. The van der Waals surface area contributed by atoms with E-state index in [1.807, 2.05) is 11.0 Å². The number of aromatic nitrogens is 2. The number of nitriles is 1. The third-order valence-electron chi connectivity index (χ3n) is 4.82. The topological polar surface area (TPSA) is 56.1 Å². The summed E-state index contributed by atoms with van der Waals surface area (Å²) >= 11 is 6.15. The van der Waals surface area contributed by atoms with E-state index >= 15 is 4.39 Å². The normalized spacial score (nSPS) is 14.9. The monoisotopic (exact) mass is 381 g/mol. The van der Waals surface area contributed by atoms with Crippen LogP contribution in [-0.2, 0) is 0 Å². The second-order valence-electron chi connectivity index (χ2n) is 6.40. The lowest BCUT2D eigenvalue weighted by atomic mass is 10.1. The Morgan fingerprint density at radius 3 is 2.67 bits per heavy atom. The predicted octanol–water partition coefficient (Wildman–Crippen LogP) is 4.01. The van der Waals surface area contributed by atoms with Gasteiger partial charge in [-0.3, -0.25) is 4.98 Å². The van der Waals surface area contributed by atoms with Crippen LogP contribution < -0.4 is 9.80 Å². The molecule has 136 valence electrons. The van der Waals surface area contributed by atoms with Crippen LogP contribution in [0.1, 0.15) is 12.0 Å². The molecular formula is C20H17ClFN5. The molecule has 1 aromatic carbocycles. The Kier molecular flexibility index (Phi) is 4.78. The maximum absolute atomic E-state index is 15.1. The van der Waals surface area contributed by atoms with Gasteiger partial charge in [-0.15, -0.1) is 0 Å². The number of benzene rings is 1. The molecule has 0 aliphatic carbocycles. The van der Waals surface area contributed by atoms with E-state index in [9.17, 15) is 5.26 Å². The highest BCUT2D eigenvalue weighted by Gasteiger charge is 2.21. The minimum absolute atomic E-state index is 0.289. The van der Waals surface area contributed by atoms with Crippen LogP contribution >= 0.6 is 11.6 Å². The minimum atomic E-state index is -0.348. The molecule has 0 bridgehead atoms. The van der Waals surface area contributed by atoms with Gasteiger partial charge in [0.1, 0.15) is 17.4 Å². The maximum atomic E-state index is 15.1. The summed E-state index contributed by atoms with van der Waals surface area (Å²) in [5.74, 6) is 0.341. The van der Waals surface area contributed by atoms with Gasteiger partial charge in [-0.1, -0.05) is 11.6 Å². The Morgan fingerprint density at radius 1 is 1.00 bits per heavy atom. The zero-order chi connectivity index (χ0) is 18.8. The summed E-state index contributed by atoms with van der Waals surface area (Å²) in [6, 6.07) is 11.0. The Hall–Kier alpha value is -2.91. The van der Waals surface area contributed by atoms with Crippen molar-refractivity contribution >= 4 is 34.0 Å². The van der Waals surface area contributed by atoms with Crippen LogP contribution in [0.25, 0.3) is 10.9 Å². The predicted molar refractivity (Wildman–Crippen MR) is 105 cm³/mol. The number of rotatable bonds is 2. The van der Waals surface area contributed by atoms with E-state index in [-0.39, 0.29) is 11.3 Å². The van der Waals surface area contributed by atoms with Crippen molar-refractivity contribution in [1.82, 2.24) is 9.97 Å². The molecule has 7 heteroatoms. The van der Waals surface area contributed by atoms with Crippen molar-refractivity contribution in [1.29, 1.82) is 5.26 Å². The van der Waals surface area contributed by atoms with Gasteiger partial charge in [-0.05, 0) is 36.8 Å². The summed E-state index contributed by atoms with van der Waals surface area (Å²) in [6.45, 7) is 2.77. The van der Waals surface area contributed by atoms with Crippen LogP contribution in [0.15, 0.2) is 42.7 Å². The average Bonchev–Trinajstić information content (AvgIpc) is 2.95. The summed E-state index contributed by atoms with van der Waals surface area (Å²) in [5.41, 5.74) is 1.37. The molecule has 0 unspecified atom stereocenters. The van der Waals surface area contributed by atoms with Gasteiger partial charge in [0.05, 0.1) is 16.3 Å². The fourth-order valence-corrected chi connectivity index (χ4v) is 3.70. The van der Waals surface area contributed by atoms with Crippen molar-refractivity contribution in [3.63, 3.8) is 0 Å². The van der Waals surface area contributed by atoms with Crippen molar-refractivity contribution in [2.75, 3.05) is 36.0 Å². The molecule has 1 saturated heterocycles. The number of nitrogens with zero attached hydrogens (tertiary/aromatic N) is 5. The van der Waals surface area contributed by atoms with Crippen molar-refractivity contribution in [2.24, 2.45) is 0 Å². The van der Waals surface area contributed by atoms with Gasteiger partial charge in [-0.2, -0.15) is 5.26 Å². The molecule has 4 rings (SSSR count). The summed E-state index contributed by atoms with van der Waals surface area (Å²) in [7, 11) is 0. The standard InChI is InChI=1S/C20H17ClFN5/c21-16-6-8-24-19-15(16)4-5-17(18(19)22)26-9-2-10-27(12-11-26)20-14(13-23)3-1-7-25-20/h1,3-8H,2,9-12H2. The SMILES string of the molecule is N#Cc1cccnc1N1CCCN(c2ccc3c(Cl)ccnc3c2F)CC1. The largest absolute Gasteiger partial charge is 0.367 e. The molecule has 1 aliphatic rings. The Bertz CT molecular complexity index is 1030. The lowest BCUT2D eigenvalue weighted by molar-refractivity contribution is 0.627. The Morgan fingerprint density at radius 2 is 1.81 bits per heavy atom. The zero-order valence-corrected chi connectivity index (χ0v) is 15.3. The first-order valence-electron chi connectivity index (χ1n) is 8.77. The van der Waals surface area contributed by atoms with Crippen LogP contribution in [-0.4, -0.2) is 36.1 Å². The van der Waals surface area contributed by atoms with Gasteiger partial charge in [0.15, 0.2) is 5.82 Å². The van der Waals surface area contributed by atoms with Crippen LogP contribution in [0.5, 0.6) is 0 Å². The third-order valence-corrected chi connectivity index (χ3v) is 5.15. The fraction of sp³-hybridized carbons (Fsp3) is 0.250. The molecule has 3 aromatic rings. The van der Waals surface area contributed by atoms with E-state index in [0.717, 1.165) is 13.0 Å². The lowest BCUT2D eigenvalue weighted by Crippen LogP contribution is -2.32. The van der Waals surface area contributed by atoms with Crippen molar-refractivity contribution in [2.45, 2.75) is 6.42 Å². The van der Waals surface area contributed by atoms with E-state index in [1.165, 1.54) is 6.20 Å². The molecule has 1 aliphatic heterocycles. The van der Waals surface area contributed by atoms with Crippen molar-refractivity contribution in [3.8, 4) is 6.07 Å². The summed E-state index contributed by atoms with van der Waals surface area (Å²) in [6.07, 6.45) is 4.05. The fourth-order valence-electron chi connectivity index (χ4n) is 3.49. The third kappa shape index (κ3) is 3.26. The number of fused-ring (bicyclic) bond motifs is 1. The Balaban J connectivity index is 1.61. The number of anilines is 2. The van der Waals surface area contributed by atoms with Gasteiger partial charge in [0.2, 0.25) is 0 Å². The average molecular weight is 382 g/mol. The van der Waals surface area contributed by atoms with Crippen LogP contribution in [0, 0.1) is 17.1 Å². The smallest absolute Gasteiger partial charge is 0.172 e. The molecule has 3 heterocycles. The van der Waals surface area contributed by atoms with Gasteiger partial charge >= 0.3 is 0 Å². The van der Waals surface area contributed by atoms with Gasteiger partial charge in [0.25, 0.3) is 0 Å². The van der Waals surface area contributed by atoms with Crippen LogP contribution in [0.3, 0.4) is 0 Å². The lowest BCUT2D eigenvalue weighted by Gasteiger charge is -2.25. The van der Waals surface area contributed by atoms with Gasteiger partial charge in [-0.25, -0.2) is 9.37 Å². The highest BCUT2D eigenvalue weighted by molar-refractivity contribution is 6.35. The molecular weight excluding hydrogens is 365 g/mol. The second kappa shape index (κ2) is 7.37. The summed E-state index contributed by atoms with van der Waals surface area (Å²) in [5, 5.41) is 10.4. The first-order chi connectivity index (χ1) is 13.2. The summed E-state index contributed by atoms with van der Waals surface area (Å²) < 4.78 is 15.1. The van der Waals surface area contributed by atoms with E-state index in [0.29, 0.717) is 47.1 Å². The Labute approximate surface area is 161 Å². The molecule has 5 nitrogen and oxygen atoms in total. The first kappa shape index (κ1) is 17.5. The van der Waals surface area contributed by atoms with Crippen LogP contribution in [0.4, 0.5) is 15.9 Å². The van der Waals surface area contributed by atoms with E-state index in [2.05, 4.69) is 20.9 Å². The van der Waals surface area contributed by atoms with Crippen molar-refractivity contribution in [3.05, 3.63) is 59.1 Å². The molecule has 0 atom stereocenters. The van der Waals surface area contributed by atoms with Gasteiger partial charge < -0.3 is 9.80 Å². The molecule has 1 fully saturated rings. The molecule has 0 amide bonds. The highest BCUT2D eigenvalue weighted by atomic mass is 35.5. The second-order valence-corrected chi connectivity index (χ2v) is 6.81. The van der Waals surface area contributed by atoms with E-state index in [4.69, 9.17) is 11.6 Å². The van der Waals surface area contributed by atoms with Gasteiger partial charge in [0, 0.05) is 44.0 Å². The molecule has 0 N–H and O–H groups in total. The van der Waals surface area contributed by atoms with E-state index < -0.39 is 0 Å². The quantitative estimate of drug-likeness (QED) is 0.671. The number of pyridine rings is 2. The van der Waals surface area contributed by atoms with Crippen molar-refractivity contribution < 1.29 is 4.39 Å². The summed E-state index contributed by atoms with van der Waals surface area (Å²) in [4.78, 5) is 12.6. The number of halogens is 2. The molecule has 0 spiro atoms. The van der Waals surface area contributed by atoms with Crippen LogP contribution in [0.2, 0.25) is 5.02 Å². The number of hydrogen-bond acceptors (Lipinski definition) is 5. The zero-order valence-electron chi connectivity index (χ0n) is 14.6. The first-order valence-corrected chi connectivity index (χ1v) is 9.14. The van der Waals surface area contributed by atoms with E-state index in [1.54, 1.807) is 30.5 Å². The highest BCUT2D eigenvalue weighted by Crippen LogP contribution is 2.30. The molecule has 0 radical (unpaired) electrons. The molecule has 0 saturated carbocycles. The number of hydrogen-bond donors (Lipinski definition) is 0. The molecule has 2 aromatic heterocycles. The minimum Gasteiger partial charge on any atom is -0.367 e.